The molecule has 0 radical (unpaired) electrons. The van der Waals surface area contributed by atoms with Gasteiger partial charge in [0.05, 0.1) is 6.54 Å². The summed E-state index contributed by atoms with van der Waals surface area (Å²) in [4.78, 5) is 14.8. The van der Waals surface area contributed by atoms with E-state index in [2.05, 4.69) is 30.5 Å². The highest BCUT2D eigenvalue weighted by Crippen LogP contribution is 2.17. The molecular weight excluding hydrogens is 384 g/mol. The molecular formula is C24H27ClN2O2. The first-order valence-electron chi connectivity index (χ1n) is 9.92. The topological polar surface area (TPSA) is 34.5 Å². The molecule has 0 aliphatic carbocycles. The fraction of sp³-hybridized carbons (Fsp3) is 0.292. The molecule has 1 heterocycles. The van der Waals surface area contributed by atoms with Gasteiger partial charge in [0, 0.05) is 29.5 Å². The van der Waals surface area contributed by atoms with Gasteiger partial charge in [0.1, 0.15) is 5.75 Å². The third kappa shape index (κ3) is 5.88. The average molecular weight is 411 g/mol. The zero-order chi connectivity index (χ0) is 20.6. The van der Waals surface area contributed by atoms with Gasteiger partial charge in [0.25, 0.3) is 5.91 Å². The summed E-state index contributed by atoms with van der Waals surface area (Å²) < 4.78 is 7.85. The number of halogens is 1. The number of nitrogens with zero attached hydrogens (tertiary/aromatic N) is 2. The summed E-state index contributed by atoms with van der Waals surface area (Å²) in [5, 5.41) is 0.727. The molecule has 1 amide bonds. The molecule has 152 valence electrons. The van der Waals surface area contributed by atoms with E-state index >= 15 is 0 Å². The smallest absolute Gasteiger partial charge is 0.261 e. The fourth-order valence-electron chi connectivity index (χ4n) is 3.21. The Labute approximate surface area is 177 Å². The molecule has 0 aliphatic rings. The van der Waals surface area contributed by atoms with E-state index in [9.17, 15) is 4.79 Å². The molecule has 0 unspecified atom stereocenters. The van der Waals surface area contributed by atoms with Crippen molar-refractivity contribution >= 4 is 17.5 Å². The number of rotatable bonds is 9. The monoisotopic (exact) mass is 410 g/mol. The Morgan fingerprint density at radius 3 is 2.62 bits per heavy atom. The summed E-state index contributed by atoms with van der Waals surface area (Å²) in [5.74, 6) is 0.688. The fourth-order valence-corrected chi connectivity index (χ4v) is 3.42. The van der Waals surface area contributed by atoms with Crippen molar-refractivity contribution in [2.24, 2.45) is 0 Å². The van der Waals surface area contributed by atoms with Crippen LogP contribution in [-0.4, -0.2) is 28.0 Å². The van der Waals surface area contributed by atoms with Crippen LogP contribution in [0, 0.1) is 0 Å². The van der Waals surface area contributed by atoms with Crippen LogP contribution in [0.3, 0.4) is 0 Å². The van der Waals surface area contributed by atoms with Gasteiger partial charge in [-0.1, -0.05) is 48.9 Å². The normalized spacial score (nSPS) is 11.8. The summed E-state index contributed by atoms with van der Waals surface area (Å²) in [5.41, 5.74) is 2.21. The van der Waals surface area contributed by atoms with E-state index in [1.807, 2.05) is 65.7 Å². The summed E-state index contributed by atoms with van der Waals surface area (Å²) in [6.07, 6.45) is 2.92. The second kappa shape index (κ2) is 10.2. The molecule has 5 heteroatoms. The summed E-state index contributed by atoms with van der Waals surface area (Å²) in [7, 11) is 0. The molecule has 0 N–H and O–H groups in total. The zero-order valence-electron chi connectivity index (χ0n) is 16.9. The standard InChI is InChI=1S/C24H27ClN2O2/c1-3-19(2)27(24(28)18-29-23-12-5-4-6-13-23)17-22-11-8-14-26(22)16-20-9-7-10-21(25)15-20/h4-15,19H,3,16-18H2,1-2H3/t19-/m0/s1. The highest BCUT2D eigenvalue weighted by atomic mass is 35.5. The number of aromatic nitrogens is 1. The minimum absolute atomic E-state index is 0.0151. The van der Waals surface area contributed by atoms with Gasteiger partial charge < -0.3 is 14.2 Å². The first-order valence-corrected chi connectivity index (χ1v) is 10.3. The van der Waals surface area contributed by atoms with Crippen LogP contribution in [0.1, 0.15) is 31.5 Å². The first-order chi connectivity index (χ1) is 14.1. The Balaban J connectivity index is 1.70. The van der Waals surface area contributed by atoms with Crippen LogP contribution in [0.15, 0.2) is 72.9 Å². The van der Waals surface area contributed by atoms with Crippen molar-refractivity contribution in [1.29, 1.82) is 0 Å². The van der Waals surface area contributed by atoms with Crippen LogP contribution in [-0.2, 0) is 17.9 Å². The van der Waals surface area contributed by atoms with E-state index in [1.165, 1.54) is 0 Å². The Morgan fingerprint density at radius 2 is 1.90 bits per heavy atom. The van der Waals surface area contributed by atoms with E-state index in [0.717, 1.165) is 22.7 Å². The quantitative estimate of drug-likeness (QED) is 0.473. The van der Waals surface area contributed by atoms with Crippen molar-refractivity contribution in [3.05, 3.63) is 89.2 Å². The van der Waals surface area contributed by atoms with Crippen LogP contribution in [0.25, 0.3) is 0 Å². The largest absolute Gasteiger partial charge is 0.484 e. The van der Waals surface area contributed by atoms with Crippen LogP contribution >= 0.6 is 11.6 Å². The minimum atomic E-state index is -0.0151. The lowest BCUT2D eigenvalue weighted by atomic mass is 10.2. The number of carbonyl (C=O) groups excluding carboxylic acids is 1. The third-order valence-electron chi connectivity index (χ3n) is 5.05. The molecule has 0 fully saturated rings. The molecule has 0 saturated heterocycles. The second-order valence-electron chi connectivity index (χ2n) is 7.14. The number of hydrogen-bond donors (Lipinski definition) is 0. The van der Waals surface area contributed by atoms with Gasteiger partial charge in [-0.15, -0.1) is 0 Å². The maximum absolute atomic E-state index is 12.9. The third-order valence-corrected chi connectivity index (χ3v) is 5.28. The molecule has 1 aromatic heterocycles. The minimum Gasteiger partial charge on any atom is -0.484 e. The number of ether oxygens (including phenoxy) is 1. The van der Waals surface area contributed by atoms with Gasteiger partial charge >= 0.3 is 0 Å². The molecule has 0 bridgehead atoms. The number of hydrogen-bond acceptors (Lipinski definition) is 2. The van der Waals surface area contributed by atoms with Crippen molar-refractivity contribution in [2.45, 2.75) is 39.4 Å². The molecule has 0 spiro atoms. The Morgan fingerprint density at radius 1 is 1.10 bits per heavy atom. The maximum atomic E-state index is 12.9. The SMILES string of the molecule is CC[C@H](C)N(Cc1cccn1Cc1cccc(Cl)c1)C(=O)COc1ccccc1. The van der Waals surface area contributed by atoms with Crippen molar-refractivity contribution < 1.29 is 9.53 Å². The molecule has 0 saturated carbocycles. The average Bonchev–Trinajstić information content (AvgIpc) is 3.17. The van der Waals surface area contributed by atoms with Gasteiger partial charge in [0.15, 0.2) is 6.61 Å². The lowest BCUT2D eigenvalue weighted by molar-refractivity contribution is -0.136. The van der Waals surface area contributed by atoms with Gasteiger partial charge in [-0.05, 0) is 55.3 Å². The molecule has 1 atom stereocenters. The lowest BCUT2D eigenvalue weighted by Gasteiger charge is -2.29. The van der Waals surface area contributed by atoms with Crippen LogP contribution in [0.4, 0.5) is 0 Å². The van der Waals surface area contributed by atoms with E-state index in [0.29, 0.717) is 18.8 Å². The summed E-state index contributed by atoms with van der Waals surface area (Å²) >= 11 is 6.12. The molecule has 3 rings (SSSR count). The lowest BCUT2D eigenvalue weighted by Crippen LogP contribution is -2.41. The number of benzene rings is 2. The number of carbonyl (C=O) groups is 1. The molecule has 4 nitrogen and oxygen atoms in total. The van der Waals surface area contributed by atoms with Crippen molar-refractivity contribution in [3.63, 3.8) is 0 Å². The molecule has 3 aromatic rings. The van der Waals surface area contributed by atoms with Gasteiger partial charge in [-0.2, -0.15) is 0 Å². The molecule has 29 heavy (non-hydrogen) atoms. The Kier molecular flexibility index (Phi) is 7.36. The maximum Gasteiger partial charge on any atom is 0.261 e. The Hall–Kier alpha value is -2.72. The van der Waals surface area contributed by atoms with Gasteiger partial charge in [-0.25, -0.2) is 0 Å². The molecule has 0 aliphatic heterocycles. The highest BCUT2D eigenvalue weighted by molar-refractivity contribution is 6.30. The predicted octanol–water partition coefficient (Wildman–Crippen LogP) is 5.40. The highest BCUT2D eigenvalue weighted by Gasteiger charge is 2.21. The van der Waals surface area contributed by atoms with Gasteiger partial charge in [-0.3, -0.25) is 4.79 Å². The van der Waals surface area contributed by atoms with E-state index in [1.54, 1.807) is 0 Å². The van der Waals surface area contributed by atoms with Crippen molar-refractivity contribution in [3.8, 4) is 5.75 Å². The van der Waals surface area contributed by atoms with Crippen molar-refractivity contribution in [2.75, 3.05) is 6.61 Å². The van der Waals surface area contributed by atoms with E-state index in [4.69, 9.17) is 16.3 Å². The summed E-state index contributed by atoms with van der Waals surface area (Å²) in [6.45, 7) is 5.45. The van der Waals surface area contributed by atoms with Gasteiger partial charge in [0.2, 0.25) is 0 Å². The van der Waals surface area contributed by atoms with E-state index < -0.39 is 0 Å². The van der Waals surface area contributed by atoms with Crippen LogP contribution in [0.5, 0.6) is 5.75 Å². The van der Waals surface area contributed by atoms with Crippen molar-refractivity contribution in [1.82, 2.24) is 9.47 Å². The summed E-state index contributed by atoms with van der Waals surface area (Å²) in [6, 6.07) is 21.5. The molecule has 2 aromatic carbocycles. The number of para-hydroxylation sites is 1. The number of amides is 1. The first kappa shape index (κ1) is 21.0. The second-order valence-corrected chi connectivity index (χ2v) is 7.57. The Bertz CT molecular complexity index is 923. The van der Waals surface area contributed by atoms with Crippen LogP contribution in [0.2, 0.25) is 5.02 Å². The predicted molar refractivity (Wildman–Crippen MR) is 117 cm³/mol. The van der Waals surface area contributed by atoms with Crippen LogP contribution < -0.4 is 4.74 Å². The van der Waals surface area contributed by atoms with E-state index in [-0.39, 0.29) is 18.6 Å². The zero-order valence-corrected chi connectivity index (χ0v) is 17.7.